The molecule has 0 radical (unpaired) electrons. The molecule has 1 aromatic heterocycles. The number of rotatable bonds is 4. The topological polar surface area (TPSA) is 67.4 Å². The number of fused-ring (bicyclic) bond motifs is 1. The Balaban J connectivity index is 1.48. The van der Waals surface area contributed by atoms with E-state index in [4.69, 9.17) is 4.74 Å². The smallest absolute Gasteiger partial charge is 0.271 e. The number of aromatic nitrogens is 2. The molecule has 0 spiro atoms. The molecule has 4 rings (SSSR count). The van der Waals surface area contributed by atoms with Crippen LogP contribution in [0.1, 0.15) is 42.6 Å². The molecule has 1 saturated carbocycles. The molecule has 1 aromatic carbocycles. The van der Waals surface area contributed by atoms with Gasteiger partial charge in [0.05, 0.1) is 30.4 Å². The summed E-state index contributed by atoms with van der Waals surface area (Å²) in [6, 6.07) is 7.62. The molecule has 2 heterocycles. The summed E-state index contributed by atoms with van der Waals surface area (Å²) < 4.78 is 5.52. The Morgan fingerprint density at radius 2 is 1.85 bits per heavy atom. The van der Waals surface area contributed by atoms with E-state index in [1.165, 1.54) is 19.3 Å². The second-order valence-electron chi connectivity index (χ2n) is 7.31. The van der Waals surface area contributed by atoms with E-state index in [-0.39, 0.29) is 11.4 Å². The van der Waals surface area contributed by atoms with Gasteiger partial charge in [0.1, 0.15) is 5.69 Å². The fourth-order valence-electron chi connectivity index (χ4n) is 4.25. The molecule has 0 atom stereocenters. The summed E-state index contributed by atoms with van der Waals surface area (Å²) in [6.45, 7) is 4.13. The molecule has 138 valence electrons. The molecular weight excluding hydrogens is 328 g/mol. The molecule has 0 bridgehead atoms. The zero-order chi connectivity index (χ0) is 17.8. The van der Waals surface area contributed by atoms with Gasteiger partial charge in [0.25, 0.3) is 5.91 Å². The zero-order valence-corrected chi connectivity index (χ0v) is 15.1. The van der Waals surface area contributed by atoms with E-state index in [0.29, 0.717) is 12.2 Å². The molecule has 2 aromatic rings. The van der Waals surface area contributed by atoms with Crippen LogP contribution in [0.2, 0.25) is 0 Å². The molecule has 2 aliphatic rings. The van der Waals surface area contributed by atoms with Crippen LogP contribution in [0, 0.1) is 0 Å². The predicted molar refractivity (Wildman–Crippen MR) is 100 cm³/mol. The van der Waals surface area contributed by atoms with Gasteiger partial charge in [-0.05, 0) is 25.0 Å². The number of nitrogens with one attached hydrogen (secondary N) is 1. The van der Waals surface area contributed by atoms with Crippen molar-refractivity contribution in [2.24, 2.45) is 0 Å². The summed E-state index contributed by atoms with van der Waals surface area (Å²) >= 11 is 0. The highest BCUT2D eigenvalue weighted by Gasteiger charge is 2.38. The maximum atomic E-state index is 12.7. The zero-order valence-electron chi connectivity index (χ0n) is 15.1. The number of para-hydroxylation sites is 2. The number of hydrogen-bond acceptors (Lipinski definition) is 5. The quantitative estimate of drug-likeness (QED) is 0.913. The third-order valence-electron chi connectivity index (χ3n) is 5.73. The van der Waals surface area contributed by atoms with E-state index in [1.54, 1.807) is 6.20 Å². The Morgan fingerprint density at radius 1 is 1.12 bits per heavy atom. The lowest BCUT2D eigenvalue weighted by Gasteiger charge is -2.48. The van der Waals surface area contributed by atoms with Crippen LogP contribution < -0.4 is 5.32 Å². The lowest BCUT2D eigenvalue weighted by Crippen LogP contribution is -2.59. The van der Waals surface area contributed by atoms with Crippen LogP contribution in [-0.2, 0) is 4.74 Å². The number of morpholine rings is 1. The Kier molecular flexibility index (Phi) is 5.13. The largest absolute Gasteiger partial charge is 0.379 e. The average molecular weight is 354 g/mol. The molecular formula is C20H26N4O2. The van der Waals surface area contributed by atoms with Crippen molar-refractivity contribution in [3.05, 3.63) is 36.2 Å². The van der Waals surface area contributed by atoms with Gasteiger partial charge in [0.2, 0.25) is 0 Å². The molecule has 1 amide bonds. The molecule has 1 aliphatic carbocycles. The van der Waals surface area contributed by atoms with Crippen molar-refractivity contribution in [1.29, 1.82) is 0 Å². The number of amides is 1. The fraction of sp³-hybridized carbons (Fsp3) is 0.550. The number of ether oxygens (including phenoxy) is 1. The van der Waals surface area contributed by atoms with Crippen molar-refractivity contribution in [3.63, 3.8) is 0 Å². The van der Waals surface area contributed by atoms with Crippen LogP contribution in [0.25, 0.3) is 11.0 Å². The molecule has 1 saturated heterocycles. The van der Waals surface area contributed by atoms with Crippen LogP contribution in [0.15, 0.2) is 30.5 Å². The van der Waals surface area contributed by atoms with Gasteiger partial charge in [-0.2, -0.15) is 0 Å². The van der Waals surface area contributed by atoms with Gasteiger partial charge in [0, 0.05) is 25.2 Å². The highest BCUT2D eigenvalue weighted by molar-refractivity contribution is 5.93. The molecule has 0 unspecified atom stereocenters. The van der Waals surface area contributed by atoms with E-state index >= 15 is 0 Å². The van der Waals surface area contributed by atoms with Crippen molar-refractivity contribution in [2.45, 2.75) is 37.6 Å². The summed E-state index contributed by atoms with van der Waals surface area (Å²) in [4.78, 5) is 24.0. The van der Waals surface area contributed by atoms with E-state index in [2.05, 4.69) is 20.2 Å². The molecule has 1 aliphatic heterocycles. The highest BCUT2D eigenvalue weighted by Crippen LogP contribution is 2.33. The highest BCUT2D eigenvalue weighted by atomic mass is 16.5. The van der Waals surface area contributed by atoms with Crippen molar-refractivity contribution >= 4 is 16.9 Å². The van der Waals surface area contributed by atoms with Crippen LogP contribution in [0.5, 0.6) is 0 Å². The first-order chi connectivity index (χ1) is 12.8. The van der Waals surface area contributed by atoms with Crippen molar-refractivity contribution in [3.8, 4) is 0 Å². The summed E-state index contributed by atoms with van der Waals surface area (Å²) in [7, 11) is 0. The molecule has 1 N–H and O–H groups in total. The lowest BCUT2D eigenvalue weighted by molar-refractivity contribution is -0.0361. The van der Waals surface area contributed by atoms with Gasteiger partial charge in [-0.1, -0.05) is 31.4 Å². The monoisotopic (exact) mass is 354 g/mol. The van der Waals surface area contributed by atoms with Crippen molar-refractivity contribution in [2.75, 3.05) is 32.8 Å². The minimum Gasteiger partial charge on any atom is -0.379 e. The van der Waals surface area contributed by atoms with Gasteiger partial charge < -0.3 is 10.1 Å². The third-order valence-corrected chi connectivity index (χ3v) is 5.73. The van der Waals surface area contributed by atoms with Crippen molar-refractivity contribution in [1.82, 2.24) is 20.2 Å². The Morgan fingerprint density at radius 3 is 2.62 bits per heavy atom. The van der Waals surface area contributed by atoms with Gasteiger partial charge in [-0.15, -0.1) is 0 Å². The van der Waals surface area contributed by atoms with E-state index in [1.807, 2.05) is 24.3 Å². The molecule has 2 fully saturated rings. The van der Waals surface area contributed by atoms with Gasteiger partial charge in [-0.3, -0.25) is 14.7 Å². The predicted octanol–water partition coefficient (Wildman–Crippen LogP) is 2.39. The summed E-state index contributed by atoms with van der Waals surface area (Å²) in [5, 5.41) is 3.15. The van der Waals surface area contributed by atoms with Crippen LogP contribution in [0.3, 0.4) is 0 Å². The van der Waals surface area contributed by atoms with E-state index in [0.717, 1.165) is 50.2 Å². The van der Waals surface area contributed by atoms with Gasteiger partial charge >= 0.3 is 0 Å². The normalized spacial score (nSPS) is 20.8. The fourth-order valence-corrected chi connectivity index (χ4v) is 4.25. The maximum absolute atomic E-state index is 12.7. The van der Waals surface area contributed by atoms with Crippen molar-refractivity contribution < 1.29 is 9.53 Å². The number of carbonyl (C=O) groups excluding carboxylic acids is 1. The number of hydrogen-bond donors (Lipinski definition) is 1. The summed E-state index contributed by atoms with van der Waals surface area (Å²) in [6.07, 6.45) is 7.58. The molecule has 6 heteroatoms. The SMILES string of the molecule is O=C(NCC1(N2CCOCC2)CCCCC1)c1cnc2ccccc2n1. The second kappa shape index (κ2) is 7.68. The summed E-state index contributed by atoms with van der Waals surface area (Å²) in [5.74, 6) is -0.138. The molecule has 6 nitrogen and oxygen atoms in total. The number of nitrogens with zero attached hydrogens (tertiary/aromatic N) is 3. The summed E-state index contributed by atoms with van der Waals surface area (Å²) in [5.41, 5.74) is 2.00. The standard InChI is InChI=1S/C20H26N4O2/c25-19(18-14-21-16-6-2-3-7-17(16)23-18)22-15-20(8-4-1-5-9-20)24-10-12-26-13-11-24/h2-3,6-7,14H,1,4-5,8-13,15H2,(H,22,25). The molecule has 26 heavy (non-hydrogen) atoms. The first-order valence-electron chi connectivity index (χ1n) is 9.60. The average Bonchev–Trinajstić information content (AvgIpc) is 2.73. The Labute approximate surface area is 154 Å². The van der Waals surface area contributed by atoms with E-state index < -0.39 is 0 Å². The first kappa shape index (κ1) is 17.4. The Bertz CT molecular complexity index is 767. The minimum atomic E-state index is -0.138. The first-order valence-corrected chi connectivity index (χ1v) is 9.60. The van der Waals surface area contributed by atoms with Crippen LogP contribution in [-0.4, -0.2) is 59.2 Å². The van der Waals surface area contributed by atoms with Gasteiger partial charge in [0.15, 0.2) is 0 Å². The number of benzene rings is 1. The Hall–Kier alpha value is -2.05. The third kappa shape index (κ3) is 3.57. The lowest BCUT2D eigenvalue weighted by atomic mass is 9.79. The van der Waals surface area contributed by atoms with Crippen LogP contribution >= 0.6 is 0 Å². The van der Waals surface area contributed by atoms with Gasteiger partial charge in [-0.25, -0.2) is 4.98 Å². The van der Waals surface area contributed by atoms with Crippen LogP contribution in [0.4, 0.5) is 0 Å². The second-order valence-corrected chi connectivity index (χ2v) is 7.31. The number of carbonyl (C=O) groups is 1. The minimum absolute atomic E-state index is 0.0575. The van der Waals surface area contributed by atoms with E-state index in [9.17, 15) is 4.79 Å². The maximum Gasteiger partial charge on any atom is 0.271 e.